The summed E-state index contributed by atoms with van der Waals surface area (Å²) in [6.45, 7) is 5.82. The van der Waals surface area contributed by atoms with Crippen molar-refractivity contribution in [3.8, 4) is 0 Å². The molecule has 2 heterocycles. The molecule has 0 aliphatic heterocycles. The molecule has 5 rings (SSSR count). The molecule has 4 aromatic rings. The standard InChI is InChI=1S/C18H22BrNO2.C11H13N3/c1-12-2-4-13(5-3-12)9-20-10-14-11-22-17-7-6-15(19)8-16(17)18(14)21;1-8-12-10-7-5-4-6-9(10)11(13-8)14(2)3/h6-8,11-13,20H,2-5,9-10H2,1H3;4-7H,1-3H3. The fourth-order valence-electron chi connectivity index (χ4n) is 4.72. The average molecular weight is 552 g/mol. The van der Waals surface area contributed by atoms with Crippen molar-refractivity contribution in [2.24, 2.45) is 11.8 Å². The highest BCUT2D eigenvalue weighted by Crippen LogP contribution is 2.27. The summed E-state index contributed by atoms with van der Waals surface area (Å²) in [5.74, 6) is 3.42. The van der Waals surface area contributed by atoms with Crippen molar-refractivity contribution in [1.29, 1.82) is 0 Å². The summed E-state index contributed by atoms with van der Waals surface area (Å²) in [5, 5.41) is 5.17. The van der Waals surface area contributed by atoms with Gasteiger partial charge in [0.25, 0.3) is 0 Å². The van der Waals surface area contributed by atoms with Crippen molar-refractivity contribution in [3.05, 3.63) is 74.8 Å². The maximum atomic E-state index is 12.5. The molecule has 6 nitrogen and oxygen atoms in total. The summed E-state index contributed by atoms with van der Waals surface area (Å²) in [6.07, 6.45) is 6.85. The van der Waals surface area contributed by atoms with E-state index >= 15 is 0 Å². The molecule has 1 aliphatic carbocycles. The molecule has 1 N–H and O–H groups in total. The maximum absolute atomic E-state index is 12.5. The molecule has 1 fully saturated rings. The Morgan fingerprint density at radius 2 is 1.81 bits per heavy atom. The smallest absolute Gasteiger partial charge is 0.197 e. The van der Waals surface area contributed by atoms with Crippen molar-refractivity contribution < 1.29 is 4.42 Å². The first kappa shape index (κ1) is 26.3. The molecule has 1 aliphatic rings. The molecule has 2 aromatic carbocycles. The van der Waals surface area contributed by atoms with Crippen molar-refractivity contribution >= 4 is 43.6 Å². The molecular formula is C29H35BrN4O2. The third kappa shape index (κ3) is 6.51. The van der Waals surface area contributed by atoms with Crippen molar-refractivity contribution in [1.82, 2.24) is 15.3 Å². The minimum absolute atomic E-state index is 0.0623. The Hall–Kier alpha value is -2.77. The molecule has 2 aromatic heterocycles. The average Bonchev–Trinajstić information content (AvgIpc) is 2.86. The molecule has 0 unspecified atom stereocenters. The Labute approximate surface area is 221 Å². The summed E-state index contributed by atoms with van der Waals surface area (Å²) < 4.78 is 6.47. The van der Waals surface area contributed by atoms with Crippen LogP contribution in [0.15, 0.2) is 62.4 Å². The molecule has 0 spiro atoms. The molecule has 36 heavy (non-hydrogen) atoms. The van der Waals surface area contributed by atoms with E-state index in [-0.39, 0.29) is 5.43 Å². The zero-order chi connectivity index (χ0) is 25.7. The Morgan fingerprint density at radius 1 is 1.06 bits per heavy atom. The molecule has 7 heteroatoms. The number of hydrogen-bond acceptors (Lipinski definition) is 6. The van der Waals surface area contributed by atoms with Crippen LogP contribution < -0.4 is 15.6 Å². The van der Waals surface area contributed by atoms with Crippen LogP contribution in [-0.2, 0) is 6.54 Å². The number of anilines is 1. The number of halogens is 1. The first-order valence-electron chi connectivity index (χ1n) is 12.6. The molecule has 1 saturated carbocycles. The van der Waals surface area contributed by atoms with Crippen LogP contribution in [-0.4, -0.2) is 30.6 Å². The predicted octanol–water partition coefficient (Wildman–Crippen LogP) is 6.48. The zero-order valence-corrected chi connectivity index (χ0v) is 23.1. The molecule has 0 bridgehead atoms. The fraction of sp³-hybridized carbons (Fsp3) is 0.414. The van der Waals surface area contributed by atoms with E-state index in [9.17, 15) is 4.79 Å². The zero-order valence-electron chi connectivity index (χ0n) is 21.6. The SMILES string of the molecule is CC1CCC(CNCc2coc3ccc(Br)cc3c2=O)CC1.Cc1nc(N(C)C)c2ccccc2n1. The van der Waals surface area contributed by atoms with E-state index in [1.165, 1.54) is 25.7 Å². The Kier molecular flexibility index (Phi) is 8.75. The fourth-order valence-corrected chi connectivity index (χ4v) is 5.08. The minimum Gasteiger partial charge on any atom is -0.464 e. The summed E-state index contributed by atoms with van der Waals surface area (Å²) in [6, 6.07) is 13.6. The van der Waals surface area contributed by atoms with Crippen LogP contribution in [0.5, 0.6) is 0 Å². The van der Waals surface area contributed by atoms with E-state index in [1.807, 2.05) is 68.4 Å². The van der Waals surface area contributed by atoms with E-state index in [0.717, 1.165) is 45.4 Å². The number of hydrogen-bond donors (Lipinski definition) is 1. The highest BCUT2D eigenvalue weighted by molar-refractivity contribution is 9.10. The van der Waals surface area contributed by atoms with Gasteiger partial charge in [-0.25, -0.2) is 9.97 Å². The number of aromatic nitrogens is 2. The first-order valence-corrected chi connectivity index (χ1v) is 13.4. The van der Waals surface area contributed by atoms with E-state index < -0.39 is 0 Å². The lowest BCUT2D eigenvalue weighted by molar-refractivity contribution is 0.281. The van der Waals surface area contributed by atoms with Crippen molar-refractivity contribution in [3.63, 3.8) is 0 Å². The van der Waals surface area contributed by atoms with E-state index in [2.05, 4.69) is 38.1 Å². The Morgan fingerprint density at radius 3 is 2.56 bits per heavy atom. The molecule has 0 atom stereocenters. The Balaban J connectivity index is 0.000000187. The summed E-state index contributed by atoms with van der Waals surface area (Å²) in [7, 11) is 3.99. The molecule has 0 amide bonds. The second-order valence-electron chi connectivity index (χ2n) is 9.99. The van der Waals surface area contributed by atoms with Gasteiger partial charge in [0.15, 0.2) is 5.43 Å². The van der Waals surface area contributed by atoms with Gasteiger partial charge < -0.3 is 14.6 Å². The number of benzene rings is 2. The van der Waals surface area contributed by atoms with Gasteiger partial charge in [-0.15, -0.1) is 0 Å². The lowest BCUT2D eigenvalue weighted by Crippen LogP contribution is -2.27. The first-order chi connectivity index (χ1) is 17.3. The Bertz CT molecular complexity index is 1380. The van der Waals surface area contributed by atoms with Crippen LogP contribution in [0.4, 0.5) is 5.82 Å². The number of nitrogens with zero attached hydrogens (tertiary/aromatic N) is 3. The van der Waals surface area contributed by atoms with Gasteiger partial charge in [0.2, 0.25) is 0 Å². The molecule has 0 saturated heterocycles. The highest BCUT2D eigenvalue weighted by atomic mass is 79.9. The van der Waals surface area contributed by atoms with Gasteiger partial charge in [0.05, 0.1) is 17.2 Å². The van der Waals surface area contributed by atoms with Crippen molar-refractivity contribution in [2.45, 2.75) is 46.1 Å². The summed E-state index contributed by atoms with van der Waals surface area (Å²) in [5.41, 5.74) is 2.41. The lowest BCUT2D eigenvalue weighted by Gasteiger charge is -2.26. The van der Waals surface area contributed by atoms with Gasteiger partial charge >= 0.3 is 0 Å². The number of para-hydroxylation sites is 1. The van der Waals surface area contributed by atoms with Crippen LogP contribution in [0.25, 0.3) is 21.9 Å². The van der Waals surface area contributed by atoms with E-state index in [1.54, 1.807) is 6.26 Å². The minimum atomic E-state index is 0.0623. The van der Waals surface area contributed by atoms with Gasteiger partial charge in [-0.2, -0.15) is 0 Å². The van der Waals surface area contributed by atoms with Gasteiger partial charge in [0.1, 0.15) is 17.2 Å². The largest absolute Gasteiger partial charge is 0.464 e. The van der Waals surface area contributed by atoms with Gasteiger partial charge in [-0.1, -0.05) is 47.8 Å². The van der Waals surface area contributed by atoms with Crippen LogP contribution in [0.2, 0.25) is 0 Å². The second kappa shape index (κ2) is 12.0. The van der Waals surface area contributed by atoms with Gasteiger partial charge in [-0.05, 0) is 68.5 Å². The molecule has 0 radical (unpaired) electrons. The maximum Gasteiger partial charge on any atom is 0.197 e. The van der Waals surface area contributed by atoms with Crippen LogP contribution >= 0.6 is 15.9 Å². The van der Waals surface area contributed by atoms with Crippen LogP contribution in [0.1, 0.15) is 44.0 Å². The number of aryl methyl sites for hydroxylation is 1. The monoisotopic (exact) mass is 550 g/mol. The third-order valence-electron chi connectivity index (χ3n) is 6.81. The predicted molar refractivity (Wildman–Crippen MR) is 152 cm³/mol. The normalized spacial score (nSPS) is 17.6. The summed E-state index contributed by atoms with van der Waals surface area (Å²) in [4.78, 5) is 23.3. The van der Waals surface area contributed by atoms with Gasteiger partial charge in [-0.3, -0.25) is 4.79 Å². The number of fused-ring (bicyclic) bond motifs is 2. The molecule has 190 valence electrons. The lowest BCUT2D eigenvalue weighted by atomic mass is 9.83. The third-order valence-corrected chi connectivity index (χ3v) is 7.30. The topological polar surface area (TPSA) is 71.3 Å². The second-order valence-corrected chi connectivity index (χ2v) is 10.9. The van der Waals surface area contributed by atoms with Crippen LogP contribution in [0.3, 0.4) is 0 Å². The van der Waals surface area contributed by atoms with E-state index in [0.29, 0.717) is 23.1 Å². The van der Waals surface area contributed by atoms with Crippen LogP contribution in [0, 0.1) is 18.8 Å². The van der Waals surface area contributed by atoms with E-state index in [4.69, 9.17) is 4.42 Å². The number of nitrogens with one attached hydrogen (secondary N) is 1. The highest BCUT2D eigenvalue weighted by Gasteiger charge is 2.18. The van der Waals surface area contributed by atoms with Crippen molar-refractivity contribution in [2.75, 3.05) is 25.5 Å². The summed E-state index contributed by atoms with van der Waals surface area (Å²) >= 11 is 3.40. The quantitative estimate of drug-likeness (QED) is 0.306. The van der Waals surface area contributed by atoms with Gasteiger partial charge in [0, 0.05) is 36.1 Å². The molecular weight excluding hydrogens is 516 g/mol. The number of rotatable bonds is 5.